The van der Waals surface area contributed by atoms with Crippen LogP contribution in [0.15, 0.2) is 24.3 Å². The van der Waals surface area contributed by atoms with Crippen LogP contribution in [-0.4, -0.2) is 42.2 Å². The average Bonchev–Trinajstić information content (AvgIpc) is 2.46. The fourth-order valence-electron chi connectivity index (χ4n) is 1.99. The summed E-state index contributed by atoms with van der Waals surface area (Å²) in [6.07, 6.45) is 0. The number of para-hydroxylation sites is 1. The van der Waals surface area contributed by atoms with Gasteiger partial charge in [0, 0.05) is 19.2 Å². The molecule has 2 N–H and O–H groups in total. The van der Waals surface area contributed by atoms with Gasteiger partial charge in [0.15, 0.2) is 0 Å². The lowest BCUT2D eigenvalue weighted by Gasteiger charge is -2.24. The van der Waals surface area contributed by atoms with Crippen molar-refractivity contribution in [2.45, 2.75) is 26.5 Å². The third-order valence-electron chi connectivity index (χ3n) is 3.26. The fourth-order valence-corrected chi connectivity index (χ4v) is 1.99. The van der Waals surface area contributed by atoms with Crippen molar-refractivity contribution >= 4 is 12.0 Å². The lowest BCUT2D eigenvalue weighted by Crippen LogP contribution is -2.41. The Hall–Kier alpha value is -2.38. The van der Waals surface area contributed by atoms with Gasteiger partial charge in [-0.2, -0.15) is 8.78 Å². The first-order chi connectivity index (χ1) is 10.7. The van der Waals surface area contributed by atoms with E-state index in [2.05, 4.69) is 10.1 Å². The molecule has 0 aliphatic carbocycles. The number of hydrogen-bond donors (Lipinski definition) is 2. The van der Waals surface area contributed by atoms with Gasteiger partial charge >= 0.3 is 18.6 Å². The van der Waals surface area contributed by atoms with Crippen LogP contribution in [0.25, 0.3) is 0 Å². The van der Waals surface area contributed by atoms with Gasteiger partial charge in [-0.05, 0) is 13.0 Å². The molecule has 6 nitrogen and oxygen atoms in total. The quantitative estimate of drug-likeness (QED) is 0.806. The number of alkyl halides is 2. The van der Waals surface area contributed by atoms with Gasteiger partial charge in [-0.25, -0.2) is 4.79 Å². The first-order valence-corrected chi connectivity index (χ1v) is 7.00. The Kier molecular flexibility index (Phi) is 6.74. The van der Waals surface area contributed by atoms with Gasteiger partial charge in [0.05, 0.1) is 12.0 Å². The topological polar surface area (TPSA) is 78.9 Å². The van der Waals surface area contributed by atoms with Gasteiger partial charge in [-0.3, -0.25) is 4.79 Å². The Morgan fingerprint density at radius 2 is 1.91 bits per heavy atom. The first kappa shape index (κ1) is 18.7. The Morgan fingerprint density at radius 1 is 1.30 bits per heavy atom. The highest BCUT2D eigenvalue weighted by atomic mass is 19.3. The summed E-state index contributed by atoms with van der Waals surface area (Å²) in [7, 11) is 1.46. The van der Waals surface area contributed by atoms with Crippen molar-refractivity contribution in [3.63, 3.8) is 0 Å². The van der Waals surface area contributed by atoms with Crippen LogP contribution in [0.5, 0.6) is 5.75 Å². The minimum Gasteiger partial charge on any atom is -0.481 e. The molecule has 2 amide bonds. The number of carboxylic acid groups (broad SMARTS) is 1. The van der Waals surface area contributed by atoms with Crippen LogP contribution in [0.4, 0.5) is 13.6 Å². The summed E-state index contributed by atoms with van der Waals surface area (Å²) in [4.78, 5) is 24.1. The zero-order valence-corrected chi connectivity index (χ0v) is 13.1. The van der Waals surface area contributed by atoms with Crippen LogP contribution in [0.1, 0.15) is 25.5 Å². The number of carbonyl (C=O) groups excluding carboxylic acids is 1. The van der Waals surface area contributed by atoms with Crippen molar-refractivity contribution < 1.29 is 28.2 Å². The molecule has 23 heavy (non-hydrogen) atoms. The minimum absolute atomic E-state index is 0.0168. The summed E-state index contributed by atoms with van der Waals surface area (Å²) >= 11 is 0. The minimum atomic E-state index is -2.96. The molecular weight excluding hydrogens is 310 g/mol. The third kappa shape index (κ3) is 5.72. The molecule has 0 aliphatic rings. The van der Waals surface area contributed by atoms with E-state index < -0.39 is 30.6 Å². The molecule has 0 aromatic heterocycles. The van der Waals surface area contributed by atoms with Crippen LogP contribution in [0.2, 0.25) is 0 Å². The molecule has 0 bridgehead atoms. The lowest BCUT2D eigenvalue weighted by atomic mass is 10.1. The van der Waals surface area contributed by atoms with Crippen molar-refractivity contribution in [3.05, 3.63) is 29.8 Å². The van der Waals surface area contributed by atoms with E-state index in [1.54, 1.807) is 25.1 Å². The molecule has 0 heterocycles. The van der Waals surface area contributed by atoms with Crippen LogP contribution >= 0.6 is 0 Å². The molecule has 1 aromatic carbocycles. The largest absolute Gasteiger partial charge is 0.481 e. The Morgan fingerprint density at radius 3 is 2.48 bits per heavy atom. The van der Waals surface area contributed by atoms with E-state index in [4.69, 9.17) is 5.11 Å². The van der Waals surface area contributed by atoms with Crippen LogP contribution in [0.3, 0.4) is 0 Å². The van der Waals surface area contributed by atoms with E-state index in [1.807, 2.05) is 0 Å². The number of carbonyl (C=O) groups is 2. The molecular formula is C15H20F2N2O4. The molecule has 1 rings (SSSR count). The number of benzene rings is 1. The second-order valence-corrected chi connectivity index (χ2v) is 5.21. The Labute approximate surface area is 133 Å². The van der Waals surface area contributed by atoms with Gasteiger partial charge in [0.1, 0.15) is 5.75 Å². The standard InChI is InChI=1S/C15H20F2N2O4/c1-9(13(20)21)8-19(3)15(22)18-10(2)11-6-4-5-7-12(11)23-14(16)17/h4-7,9-10,14H,8H2,1-3H3,(H,18,22)(H,20,21). The molecule has 0 saturated heterocycles. The molecule has 0 radical (unpaired) electrons. The zero-order chi connectivity index (χ0) is 17.6. The maximum Gasteiger partial charge on any atom is 0.387 e. The maximum atomic E-state index is 12.4. The fraction of sp³-hybridized carbons (Fsp3) is 0.467. The number of nitrogens with one attached hydrogen (secondary N) is 1. The van der Waals surface area contributed by atoms with Crippen molar-refractivity contribution in [2.24, 2.45) is 5.92 Å². The van der Waals surface area contributed by atoms with E-state index >= 15 is 0 Å². The SMILES string of the molecule is CC(CN(C)C(=O)NC(C)c1ccccc1OC(F)F)C(=O)O. The molecule has 0 aliphatic heterocycles. The molecule has 2 unspecified atom stereocenters. The number of carboxylic acids is 1. The number of rotatable bonds is 7. The van der Waals surface area contributed by atoms with Gasteiger partial charge in [-0.1, -0.05) is 25.1 Å². The van der Waals surface area contributed by atoms with Crippen LogP contribution in [-0.2, 0) is 4.79 Å². The second-order valence-electron chi connectivity index (χ2n) is 5.21. The number of ether oxygens (including phenoxy) is 1. The van der Waals surface area contributed by atoms with Crippen molar-refractivity contribution in [2.75, 3.05) is 13.6 Å². The predicted molar refractivity (Wildman–Crippen MR) is 79.5 cm³/mol. The maximum absolute atomic E-state index is 12.4. The highest BCUT2D eigenvalue weighted by Crippen LogP contribution is 2.26. The number of halogens is 2. The summed E-state index contributed by atoms with van der Waals surface area (Å²) in [6.45, 7) is 0.183. The number of nitrogens with zero attached hydrogens (tertiary/aromatic N) is 1. The number of urea groups is 1. The predicted octanol–water partition coefficient (Wildman–Crippen LogP) is 2.71. The van der Waals surface area contributed by atoms with Crippen LogP contribution in [0, 0.1) is 5.92 Å². The lowest BCUT2D eigenvalue weighted by molar-refractivity contribution is -0.141. The first-order valence-electron chi connectivity index (χ1n) is 7.00. The Bertz CT molecular complexity index is 554. The van der Waals surface area contributed by atoms with E-state index in [0.717, 1.165) is 0 Å². The average molecular weight is 330 g/mol. The van der Waals surface area contributed by atoms with Crippen molar-refractivity contribution in [1.82, 2.24) is 10.2 Å². The van der Waals surface area contributed by atoms with Gasteiger partial charge in [0.2, 0.25) is 0 Å². The zero-order valence-electron chi connectivity index (χ0n) is 13.1. The highest BCUT2D eigenvalue weighted by molar-refractivity contribution is 5.76. The molecule has 128 valence electrons. The van der Waals surface area contributed by atoms with Crippen molar-refractivity contribution in [1.29, 1.82) is 0 Å². The summed E-state index contributed by atoms with van der Waals surface area (Å²) in [5, 5.41) is 11.5. The van der Waals surface area contributed by atoms with E-state index in [0.29, 0.717) is 5.56 Å². The van der Waals surface area contributed by atoms with Gasteiger partial charge in [0.25, 0.3) is 0 Å². The summed E-state index contributed by atoms with van der Waals surface area (Å²) in [5.74, 6) is -1.74. The van der Waals surface area contributed by atoms with Crippen LogP contribution < -0.4 is 10.1 Å². The normalized spacial score (nSPS) is 13.3. The monoisotopic (exact) mass is 330 g/mol. The summed E-state index contributed by atoms with van der Waals surface area (Å²) in [5.41, 5.74) is 0.404. The number of amides is 2. The second kappa shape index (κ2) is 8.30. The number of aliphatic carboxylic acids is 1. The van der Waals surface area contributed by atoms with E-state index in [1.165, 1.54) is 24.9 Å². The van der Waals surface area contributed by atoms with Crippen molar-refractivity contribution in [3.8, 4) is 5.75 Å². The summed E-state index contributed by atoms with van der Waals surface area (Å²) < 4.78 is 29.2. The number of hydrogen-bond acceptors (Lipinski definition) is 3. The van der Waals surface area contributed by atoms with E-state index in [-0.39, 0.29) is 12.3 Å². The smallest absolute Gasteiger partial charge is 0.387 e. The van der Waals surface area contributed by atoms with E-state index in [9.17, 15) is 18.4 Å². The summed E-state index contributed by atoms with van der Waals surface area (Å²) in [6, 6.07) is 5.07. The molecule has 0 saturated carbocycles. The molecule has 0 fully saturated rings. The third-order valence-corrected chi connectivity index (χ3v) is 3.26. The molecule has 1 aromatic rings. The molecule has 0 spiro atoms. The Balaban J connectivity index is 2.73. The van der Waals surface area contributed by atoms with Gasteiger partial charge < -0.3 is 20.1 Å². The molecule has 2 atom stereocenters. The highest BCUT2D eigenvalue weighted by Gasteiger charge is 2.20. The molecule has 8 heteroatoms. The van der Waals surface area contributed by atoms with Gasteiger partial charge in [-0.15, -0.1) is 0 Å².